The highest BCUT2D eigenvalue weighted by molar-refractivity contribution is 5.60. The number of hydrogen-bond donors (Lipinski definition) is 0. The second-order valence-corrected chi connectivity index (χ2v) is 5.96. The molecular weight excluding hydrogens is 306 g/mol. The van der Waals surface area contributed by atoms with Gasteiger partial charge in [0.2, 0.25) is 0 Å². The van der Waals surface area contributed by atoms with Gasteiger partial charge in [-0.05, 0) is 62.6 Å². The molecule has 0 N–H and O–H groups in total. The van der Waals surface area contributed by atoms with E-state index in [9.17, 15) is 0 Å². The van der Waals surface area contributed by atoms with E-state index in [1.54, 1.807) is 7.05 Å². The van der Waals surface area contributed by atoms with Crippen LogP contribution in [-0.4, -0.2) is 16.9 Å². The van der Waals surface area contributed by atoms with E-state index in [4.69, 9.17) is 13.8 Å². The molecule has 0 amide bonds. The molecule has 3 rings (SSSR count). The number of rotatable bonds is 6. The molecule has 6 heteroatoms. The molecule has 0 aliphatic carbocycles. The maximum Gasteiger partial charge on any atom is 0.363 e. The van der Waals surface area contributed by atoms with Crippen molar-refractivity contribution < 1.29 is 18.6 Å². The first-order chi connectivity index (χ1) is 11.5. The summed E-state index contributed by atoms with van der Waals surface area (Å²) in [6.07, 6.45) is 1.79. The monoisotopic (exact) mass is 328 g/mol. The van der Waals surface area contributed by atoms with Gasteiger partial charge in [0.05, 0.1) is 12.2 Å². The molecule has 0 radical (unpaired) electrons. The van der Waals surface area contributed by atoms with Crippen LogP contribution in [0.2, 0.25) is 0 Å². The van der Waals surface area contributed by atoms with Gasteiger partial charge in [0.1, 0.15) is 24.3 Å². The third-order valence-corrected chi connectivity index (χ3v) is 3.81. The van der Waals surface area contributed by atoms with E-state index in [1.165, 1.54) is 4.85 Å². The quantitative estimate of drug-likeness (QED) is 0.514. The lowest BCUT2D eigenvalue weighted by Crippen LogP contribution is -2.28. The Hall–Kier alpha value is -2.63. The van der Waals surface area contributed by atoms with Gasteiger partial charge in [0.15, 0.2) is 5.16 Å². The summed E-state index contributed by atoms with van der Waals surface area (Å²) in [5, 5.41) is 8.13. The lowest BCUT2D eigenvalue weighted by atomic mass is 10.1. The number of ether oxygens (including phenoxy) is 1. The van der Waals surface area contributed by atoms with Gasteiger partial charge in [0, 0.05) is 16.4 Å². The average Bonchev–Trinajstić information content (AvgIpc) is 3.14. The van der Waals surface area contributed by atoms with Crippen LogP contribution in [0.1, 0.15) is 29.1 Å². The van der Waals surface area contributed by atoms with E-state index in [0.717, 1.165) is 46.8 Å². The van der Waals surface area contributed by atoms with Gasteiger partial charge in [-0.2, -0.15) is 0 Å². The van der Waals surface area contributed by atoms with Crippen molar-refractivity contribution in [3.63, 3.8) is 0 Å². The fraction of sp³-hybridized carbons (Fsp3) is 0.389. The van der Waals surface area contributed by atoms with Gasteiger partial charge < -0.3 is 9.15 Å². The summed E-state index contributed by atoms with van der Waals surface area (Å²) < 4.78 is 16.5. The van der Waals surface area contributed by atoms with Crippen molar-refractivity contribution in [2.24, 2.45) is 7.05 Å². The molecule has 0 spiro atoms. The molecular formula is C18H22N3O3+. The Bertz CT molecular complexity index is 813. The molecule has 24 heavy (non-hydrogen) atoms. The molecule has 6 nitrogen and oxygen atoms in total. The zero-order chi connectivity index (χ0) is 17.1. The minimum atomic E-state index is 0.573. The molecule has 0 aliphatic rings. The molecule has 1 aromatic carbocycles. The Balaban J connectivity index is 1.63. The minimum Gasteiger partial charge on any atom is -0.493 e. The van der Waals surface area contributed by atoms with Crippen molar-refractivity contribution in [1.82, 2.24) is 10.3 Å². The van der Waals surface area contributed by atoms with E-state index in [1.807, 2.05) is 45.0 Å². The first-order valence-electron chi connectivity index (χ1n) is 8.03. The number of aryl methyl sites for hydroxylation is 5. The predicted octanol–water partition coefficient (Wildman–Crippen LogP) is 3.09. The van der Waals surface area contributed by atoms with Gasteiger partial charge in [0.25, 0.3) is 0 Å². The Kier molecular flexibility index (Phi) is 4.64. The van der Waals surface area contributed by atoms with Crippen molar-refractivity contribution in [3.8, 4) is 17.1 Å². The number of hydrogen-bond acceptors (Lipinski definition) is 5. The highest BCUT2D eigenvalue weighted by Gasteiger charge is 2.17. The lowest BCUT2D eigenvalue weighted by Gasteiger charge is -2.12. The van der Waals surface area contributed by atoms with Crippen molar-refractivity contribution in [1.29, 1.82) is 0 Å². The van der Waals surface area contributed by atoms with Crippen molar-refractivity contribution in [3.05, 3.63) is 46.9 Å². The SMILES string of the molecule is Cc1ccc(CCCOc2c(C)cc(-c3no[n+](C)n3)cc2C)o1. The molecule has 0 fully saturated rings. The topological polar surface area (TPSA) is 65.2 Å². The highest BCUT2D eigenvalue weighted by Crippen LogP contribution is 2.28. The fourth-order valence-electron chi connectivity index (χ4n) is 2.73. The van der Waals surface area contributed by atoms with Gasteiger partial charge in [-0.3, -0.25) is 0 Å². The van der Waals surface area contributed by atoms with Gasteiger partial charge in [-0.15, -0.1) is 0 Å². The predicted molar refractivity (Wildman–Crippen MR) is 87.6 cm³/mol. The highest BCUT2D eigenvalue weighted by atomic mass is 16.6. The lowest BCUT2D eigenvalue weighted by molar-refractivity contribution is -0.898. The smallest absolute Gasteiger partial charge is 0.363 e. The van der Waals surface area contributed by atoms with E-state index >= 15 is 0 Å². The zero-order valence-corrected chi connectivity index (χ0v) is 14.5. The Labute approximate surface area is 141 Å². The van der Waals surface area contributed by atoms with E-state index in [-0.39, 0.29) is 0 Å². The maximum atomic E-state index is 5.98. The molecule has 2 aromatic heterocycles. The van der Waals surface area contributed by atoms with Crippen LogP contribution in [0.25, 0.3) is 11.4 Å². The Morgan fingerprint density at radius 3 is 2.46 bits per heavy atom. The third-order valence-electron chi connectivity index (χ3n) is 3.81. The van der Waals surface area contributed by atoms with Crippen LogP contribution in [-0.2, 0) is 13.5 Å². The standard InChI is InChI=1S/C18H22N3O3/c1-12-10-15(18-19-21(4)24-20-18)11-13(2)17(12)22-9-5-6-16-8-7-14(3)23-16/h7-8,10-11H,5-6,9H2,1-4H3/q+1. The van der Waals surface area contributed by atoms with Crippen LogP contribution in [0.3, 0.4) is 0 Å². The Morgan fingerprint density at radius 1 is 1.12 bits per heavy atom. The first-order valence-corrected chi connectivity index (χ1v) is 8.03. The van der Waals surface area contributed by atoms with Gasteiger partial charge in [-0.1, -0.05) is 4.63 Å². The van der Waals surface area contributed by atoms with Crippen LogP contribution < -0.4 is 9.59 Å². The van der Waals surface area contributed by atoms with Gasteiger partial charge in [-0.25, -0.2) is 0 Å². The largest absolute Gasteiger partial charge is 0.493 e. The second-order valence-electron chi connectivity index (χ2n) is 5.96. The number of benzene rings is 1. The molecule has 126 valence electrons. The summed E-state index contributed by atoms with van der Waals surface area (Å²) >= 11 is 0. The van der Waals surface area contributed by atoms with Crippen LogP contribution in [0.4, 0.5) is 0 Å². The number of nitrogens with zero attached hydrogens (tertiary/aromatic N) is 3. The molecule has 0 atom stereocenters. The summed E-state index contributed by atoms with van der Waals surface area (Å²) in [7, 11) is 1.70. The molecule has 0 saturated carbocycles. The summed E-state index contributed by atoms with van der Waals surface area (Å²) in [5.74, 6) is 3.44. The first kappa shape index (κ1) is 16.2. The number of aromatic nitrogens is 3. The summed E-state index contributed by atoms with van der Waals surface area (Å²) in [6.45, 7) is 6.67. The molecule has 0 unspecified atom stereocenters. The van der Waals surface area contributed by atoms with Crippen molar-refractivity contribution >= 4 is 0 Å². The maximum absolute atomic E-state index is 5.98. The molecule has 2 heterocycles. The summed E-state index contributed by atoms with van der Waals surface area (Å²) in [5.41, 5.74) is 3.05. The molecule has 0 bridgehead atoms. The van der Waals surface area contributed by atoms with Crippen LogP contribution in [0, 0.1) is 20.8 Å². The Morgan fingerprint density at radius 2 is 1.88 bits per heavy atom. The zero-order valence-electron chi connectivity index (χ0n) is 14.5. The second kappa shape index (κ2) is 6.86. The fourth-order valence-corrected chi connectivity index (χ4v) is 2.73. The molecule has 0 aliphatic heterocycles. The van der Waals surface area contributed by atoms with Crippen molar-refractivity contribution in [2.75, 3.05) is 6.61 Å². The van der Waals surface area contributed by atoms with Crippen LogP contribution in [0.5, 0.6) is 5.75 Å². The van der Waals surface area contributed by atoms with E-state index in [2.05, 4.69) is 10.3 Å². The van der Waals surface area contributed by atoms with Crippen molar-refractivity contribution in [2.45, 2.75) is 33.6 Å². The normalized spacial score (nSPS) is 11.0. The molecule has 0 saturated heterocycles. The summed E-state index contributed by atoms with van der Waals surface area (Å²) in [4.78, 5) is 1.33. The molecule has 3 aromatic rings. The third kappa shape index (κ3) is 3.64. The minimum absolute atomic E-state index is 0.573. The van der Waals surface area contributed by atoms with Crippen LogP contribution in [0.15, 0.2) is 33.3 Å². The number of furan rings is 1. The van der Waals surface area contributed by atoms with Crippen LogP contribution >= 0.6 is 0 Å². The van der Waals surface area contributed by atoms with E-state index < -0.39 is 0 Å². The van der Waals surface area contributed by atoms with E-state index in [0.29, 0.717) is 12.4 Å². The average molecular weight is 328 g/mol. The summed E-state index contributed by atoms with van der Waals surface area (Å²) in [6, 6.07) is 8.04. The van der Waals surface area contributed by atoms with Gasteiger partial charge >= 0.3 is 5.82 Å².